The minimum Gasteiger partial charge on any atom is -0.374 e. The van der Waals surface area contributed by atoms with Crippen LogP contribution in [0.15, 0.2) is 54.9 Å². The molecule has 8 rings (SSSR count). The topological polar surface area (TPSA) is 113 Å². The van der Waals surface area contributed by atoms with Crippen molar-refractivity contribution in [1.29, 1.82) is 0 Å². The van der Waals surface area contributed by atoms with Gasteiger partial charge in [0.05, 0.1) is 18.3 Å². The molecule has 0 spiro atoms. The number of amides is 2. The van der Waals surface area contributed by atoms with Crippen molar-refractivity contribution < 1.29 is 22.8 Å². The van der Waals surface area contributed by atoms with Gasteiger partial charge in [0.1, 0.15) is 11.9 Å². The Kier molecular flexibility index (Phi) is 9.51. The smallest absolute Gasteiger partial charge is 0.251 e. The number of anilines is 3. The highest BCUT2D eigenvalue weighted by Crippen LogP contribution is 2.41. The van der Waals surface area contributed by atoms with Crippen molar-refractivity contribution in [2.45, 2.75) is 69.6 Å². The number of nitrogens with zero attached hydrogens (tertiary/aromatic N) is 6. The van der Waals surface area contributed by atoms with Crippen LogP contribution >= 0.6 is 0 Å². The second-order valence-corrected chi connectivity index (χ2v) is 14.5. The Hall–Kier alpha value is -4.69. The maximum absolute atomic E-state index is 15.2. The molecule has 3 atom stereocenters. The van der Waals surface area contributed by atoms with Gasteiger partial charge < -0.3 is 20.1 Å². The molecule has 2 aromatic heterocycles. The lowest BCUT2D eigenvalue weighted by Gasteiger charge is -2.43. The number of alkyl halides is 2. The van der Waals surface area contributed by atoms with E-state index < -0.39 is 12.5 Å². The Morgan fingerprint density at radius 2 is 1.69 bits per heavy atom. The van der Waals surface area contributed by atoms with Crippen LogP contribution in [0.5, 0.6) is 0 Å². The average Bonchev–Trinajstić information content (AvgIpc) is 3.51. The highest BCUT2D eigenvalue weighted by atomic mass is 19.3. The summed E-state index contributed by atoms with van der Waals surface area (Å²) < 4.78 is 42.9. The minimum absolute atomic E-state index is 0.0694. The second kappa shape index (κ2) is 14.4. The predicted octanol–water partition coefficient (Wildman–Crippen LogP) is 4.71. The van der Waals surface area contributed by atoms with Gasteiger partial charge in [-0.15, -0.1) is 0 Å². The van der Waals surface area contributed by atoms with Gasteiger partial charge in [-0.1, -0.05) is 18.2 Å². The van der Waals surface area contributed by atoms with Gasteiger partial charge in [-0.2, -0.15) is 0 Å². The molecule has 4 aromatic rings. The van der Waals surface area contributed by atoms with Crippen LogP contribution in [0.25, 0.3) is 10.9 Å². The summed E-state index contributed by atoms with van der Waals surface area (Å²) in [5, 5.41) is 6.50. The summed E-state index contributed by atoms with van der Waals surface area (Å²) in [7, 11) is 0. The third-order valence-electron chi connectivity index (χ3n) is 11.3. The molecule has 2 aromatic carbocycles. The molecule has 2 amide bonds. The summed E-state index contributed by atoms with van der Waals surface area (Å²) in [6.07, 6.45) is 4.41. The van der Waals surface area contributed by atoms with Crippen LogP contribution in [0, 0.1) is 5.82 Å². The number of imide groups is 1. The van der Waals surface area contributed by atoms with Crippen LogP contribution < -0.4 is 20.4 Å². The summed E-state index contributed by atoms with van der Waals surface area (Å²) in [6, 6.07) is 12.5. The van der Waals surface area contributed by atoms with Crippen molar-refractivity contribution in [1.82, 2.24) is 30.1 Å². The van der Waals surface area contributed by atoms with Crippen molar-refractivity contribution in [2.75, 3.05) is 60.9 Å². The number of fused-ring (bicyclic) bond motifs is 3. The predicted molar refractivity (Wildman–Crippen MR) is 193 cm³/mol. The Balaban J connectivity index is 0.871. The number of rotatable bonds is 8. The molecule has 0 aliphatic carbocycles. The maximum Gasteiger partial charge on any atom is 0.251 e. The van der Waals surface area contributed by atoms with Crippen molar-refractivity contribution in [3.05, 3.63) is 77.5 Å². The zero-order chi connectivity index (χ0) is 35.9. The molecule has 3 fully saturated rings. The van der Waals surface area contributed by atoms with E-state index in [-0.39, 0.29) is 42.7 Å². The standard InChI is InChI=1S/C38H44F3N9O2/c1-23-18-28-27-4-2-3-5-30(27)45-35(28)36(50(23)22-33(40)41)24-20-42-38(43-21-24)49-12-10-26(11-13-49)47-14-16-48(17-15-47)32-8-6-25(19-29(32)39)44-31-7-9-34(51)46-37(31)52/h2-6,8,19-21,23,26,31,33,36,44-45H,7,9-18,22H2,1H3,(H,46,51,52)/t23-,31?,36-/m1/s1. The number of carbonyl (C=O) groups excluding carboxylic acids is 2. The van der Waals surface area contributed by atoms with Crippen molar-refractivity contribution >= 4 is 40.0 Å². The highest BCUT2D eigenvalue weighted by molar-refractivity contribution is 6.01. The molecule has 0 bridgehead atoms. The molecule has 4 aliphatic heterocycles. The highest BCUT2D eigenvalue weighted by Gasteiger charge is 2.38. The van der Waals surface area contributed by atoms with Crippen LogP contribution in [0.3, 0.4) is 0 Å². The Morgan fingerprint density at radius 3 is 2.40 bits per heavy atom. The summed E-state index contributed by atoms with van der Waals surface area (Å²) >= 11 is 0. The van der Waals surface area contributed by atoms with Gasteiger partial charge in [0.15, 0.2) is 0 Å². The monoisotopic (exact) mass is 715 g/mol. The number of piperidine rings is 2. The molecule has 52 heavy (non-hydrogen) atoms. The molecule has 6 heterocycles. The number of H-pyrrole nitrogens is 1. The van der Waals surface area contributed by atoms with Gasteiger partial charge >= 0.3 is 0 Å². The van der Waals surface area contributed by atoms with Crippen LogP contribution in [0.2, 0.25) is 0 Å². The number of aromatic nitrogens is 3. The van der Waals surface area contributed by atoms with Crippen LogP contribution in [0.1, 0.15) is 55.5 Å². The lowest BCUT2D eigenvalue weighted by Crippen LogP contribution is -2.53. The largest absolute Gasteiger partial charge is 0.374 e. The lowest BCUT2D eigenvalue weighted by atomic mass is 9.89. The summed E-state index contributed by atoms with van der Waals surface area (Å²) in [4.78, 5) is 45.2. The first-order valence-corrected chi connectivity index (χ1v) is 18.3. The molecule has 0 saturated carbocycles. The SMILES string of the molecule is C[C@@H]1Cc2c([nH]c3ccccc23)[C@@H](c2cnc(N3CCC(N4CCN(c5ccc(NC6CCC(=O)NC6=O)cc5F)CC4)CC3)nc2)N1CC(F)F. The van der Waals surface area contributed by atoms with E-state index in [9.17, 15) is 18.4 Å². The molecule has 274 valence electrons. The summed E-state index contributed by atoms with van der Waals surface area (Å²) in [5.41, 5.74) is 4.98. The third-order valence-corrected chi connectivity index (χ3v) is 11.3. The molecule has 3 N–H and O–H groups in total. The van der Waals surface area contributed by atoms with Gasteiger partial charge in [0.2, 0.25) is 17.8 Å². The molecule has 14 heteroatoms. The van der Waals surface area contributed by atoms with Gasteiger partial charge in [-0.05, 0) is 62.4 Å². The fourth-order valence-electron chi connectivity index (χ4n) is 8.59. The van der Waals surface area contributed by atoms with Crippen LogP contribution in [-0.2, 0) is 16.0 Å². The van der Waals surface area contributed by atoms with Crippen molar-refractivity contribution in [3.63, 3.8) is 0 Å². The Labute approximate surface area is 300 Å². The van der Waals surface area contributed by atoms with Gasteiger partial charge in [0.25, 0.3) is 6.43 Å². The number of nitrogens with one attached hydrogen (secondary N) is 3. The molecule has 4 aliphatic rings. The number of benzene rings is 2. The van der Waals surface area contributed by atoms with Crippen LogP contribution in [0.4, 0.5) is 30.5 Å². The third kappa shape index (κ3) is 6.81. The van der Waals surface area contributed by atoms with E-state index in [2.05, 4.69) is 36.4 Å². The quantitative estimate of drug-likeness (QED) is 0.224. The fraction of sp³-hybridized carbons (Fsp3) is 0.474. The first-order chi connectivity index (χ1) is 25.2. The zero-order valence-corrected chi connectivity index (χ0v) is 29.2. The van der Waals surface area contributed by atoms with E-state index in [4.69, 9.17) is 9.97 Å². The van der Waals surface area contributed by atoms with Gasteiger partial charge in [0, 0.05) is 98.0 Å². The summed E-state index contributed by atoms with van der Waals surface area (Å²) in [6.45, 7) is 6.39. The van der Waals surface area contributed by atoms with Gasteiger partial charge in [-0.3, -0.25) is 24.7 Å². The second-order valence-electron chi connectivity index (χ2n) is 14.5. The number of halogens is 3. The minimum atomic E-state index is -2.45. The van der Waals surface area contributed by atoms with E-state index in [0.717, 1.165) is 61.2 Å². The summed E-state index contributed by atoms with van der Waals surface area (Å²) in [5.74, 6) is -0.359. The number of para-hydroxylation sites is 1. The average molecular weight is 716 g/mol. The van der Waals surface area contributed by atoms with Crippen molar-refractivity contribution in [3.8, 4) is 0 Å². The molecule has 3 saturated heterocycles. The van der Waals surface area contributed by atoms with Crippen LogP contribution in [-0.4, -0.2) is 107 Å². The zero-order valence-electron chi connectivity index (χ0n) is 29.2. The van der Waals surface area contributed by atoms with Gasteiger partial charge in [-0.25, -0.2) is 23.1 Å². The van der Waals surface area contributed by atoms with E-state index in [0.29, 0.717) is 49.3 Å². The fourth-order valence-corrected chi connectivity index (χ4v) is 8.59. The molecule has 11 nitrogen and oxygen atoms in total. The first kappa shape index (κ1) is 34.4. The molecular weight excluding hydrogens is 671 g/mol. The van der Waals surface area contributed by atoms with E-state index in [1.807, 2.05) is 30.0 Å². The molecular formula is C38H44F3N9O2. The normalized spacial score (nSPS) is 23.7. The Bertz CT molecular complexity index is 1920. The first-order valence-electron chi connectivity index (χ1n) is 18.3. The Morgan fingerprint density at radius 1 is 0.942 bits per heavy atom. The number of piperazine rings is 1. The number of carbonyl (C=O) groups is 2. The van der Waals surface area contributed by atoms with Crippen molar-refractivity contribution in [2.24, 2.45) is 0 Å². The molecule has 0 radical (unpaired) electrons. The number of hydrogen-bond donors (Lipinski definition) is 3. The number of aromatic amines is 1. The number of hydrogen-bond acceptors (Lipinski definition) is 9. The van der Waals surface area contributed by atoms with E-state index >= 15 is 4.39 Å². The van der Waals surface area contributed by atoms with E-state index in [1.165, 1.54) is 11.6 Å². The maximum atomic E-state index is 15.2. The molecule has 1 unspecified atom stereocenters. The lowest BCUT2D eigenvalue weighted by molar-refractivity contribution is -0.133. The van der Waals surface area contributed by atoms with E-state index in [1.54, 1.807) is 24.5 Å².